The zero-order chi connectivity index (χ0) is 16.7. The Morgan fingerprint density at radius 2 is 1.96 bits per heavy atom. The Morgan fingerprint density at radius 3 is 2.67 bits per heavy atom. The molecule has 3 fully saturated rings. The molecular formula is C18H22ClN3O2. The summed E-state index contributed by atoms with van der Waals surface area (Å²) >= 11 is 6.01. The molecule has 3 unspecified atom stereocenters. The van der Waals surface area contributed by atoms with E-state index in [1.165, 1.54) is 12.8 Å². The van der Waals surface area contributed by atoms with E-state index in [1.54, 1.807) is 17.0 Å². The Morgan fingerprint density at radius 1 is 1.21 bits per heavy atom. The second kappa shape index (κ2) is 6.37. The van der Waals surface area contributed by atoms with Crippen molar-refractivity contribution in [3.8, 4) is 0 Å². The molecule has 3 heterocycles. The van der Waals surface area contributed by atoms with Crippen LogP contribution in [0.5, 0.6) is 0 Å². The molecule has 0 spiro atoms. The molecule has 4 rings (SSSR count). The third-order valence-corrected chi connectivity index (χ3v) is 5.70. The maximum Gasteiger partial charge on any atom is 0.239 e. The summed E-state index contributed by atoms with van der Waals surface area (Å²) < 4.78 is 0. The van der Waals surface area contributed by atoms with Crippen molar-refractivity contribution < 1.29 is 9.59 Å². The summed E-state index contributed by atoms with van der Waals surface area (Å²) in [5.41, 5.74) is 0.766. The van der Waals surface area contributed by atoms with Crippen molar-refractivity contribution in [2.75, 3.05) is 11.4 Å². The summed E-state index contributed by atoms with van der Waals surface area (Å²) in [5, 5.41) is 7.29. The molecule has 0 radical (unpaired) electrons. The molecule has 2 N–H and O–H groups in total. The van der Waals surface area contributed by atoms with E-state index in [4.69, 9.17) is 11.6 Å². The predicted octanol–water partition coefficient (Wildman–Crippen LogP) is 2.09. The summed E-state index contributed by atoms with van der Waals surface area (Å²) in [6.07, 6.45) is 4.90. The highest BCUT2D eigenvalue weighted by Gasteiger charge is 2.40. The number of benzene rings is 1. The van der Waals surface area contributed by atoms with Gasteiger partial charge in [-0.05, 0) is 50.3 Å². The van der Waals surface area contributed by atoms with Crippen molar-refractivity contribution in [1.29, 1.82) is 0 Å². The average molecular weight is 348 g/mol. The summed E-state index contributed by atoms with van der Waals surface area (Å²) in [6, 6.07) is 8.47. The Balaban J connectivity index is 1.40. The van der Waals surface area contributed by atoms with E-state index >= 15 is 0 Å². The SMILES string of the molecule is O=C(NC1CC2CCC(C1)N2)C1CCN(c2cccc(Cl)c2)C1=O. The lowest BCUT2D eigenvalue weighted by Gasteiger charge is -2.30. The number of nitrogens with one attached hydrogen (secondary N) is 2. The van der Waals surface area contributed by atoms with Gasteiger partial charge in [0, 0.05) is 35.4 Å². The van der Waals surface area contributed by atoms with Gasteiger partial charge in [0.15, 0.2) is 0 Å². The van der Waals surface area contributed by atoms with Gasteiger partial charge in [-0.1, -0.05) is 17.7 Å². The minimum Gasteiger partial charge on any atom is -0.353 e. The normalized spacial score (nSPS) is 32.2. The maximum absolute atomic E-state index is 12.7. The van der Waals surface area contributed by atoms with Crippen LogP contribution in [0.25, 0.3) is 0 Å². The van der Waals surface area contributed by atoms with Crippen molar-refractivity contribution in [3.05, 3.63) is 29.3 Å². The third kappa shape index (κ3) is 3.03. The van der Waals surface area contributed by atoms with Crippen molar-refractivity contribution in [1.82, 2.24) is 10.6 Å². The van der Waals surface area contributed by atoms with E-state index < -0.39 is 5.92 Å². The van der Waals surface area contributed by atoms with Crippen LogP contribution in [0.1, 0.15) is 32.1 Å². The van der Waals surface area contributed by atoms with Crippen LogP contribution >= 0.6 is 11.6 Å². The van der Waals surface area contributed by atoms with Crippen LogP contribution < -0.4 is 15.5 Å². The van der Waals surface area contributed by atoms with E-state index in [-0.39, 0.29) is 17.9 Å². The Hall–Kier alpha value is -1.59. The van der Waals surface area contributed by atoms with Crippen LogP contribution in [0, 0.1) is 5.92 Å². The van der Waals surface area contributed by atoms with Gasteiger partial charge in [-0.15, -0.1) is 0 Å². The largest absolute Gasteiger partial charge is 0.353 e. The lowest BCUT2D eigenvalue weighted by Crippen LogP contribution is -2.50. The number of amides is 2. The van der Waals surface area contributed by atoms with Gasteiger partial charge in [0.25, 0.3) is 0 Å². The van der Waals surface area contributed by atoms with E-state index in [0.717, 1.165) is 18.5 Å². The smallest absolute Gasteiger partial charge is 0.239 e. The lowest BCUT2D eigenvalue weighted by molar-refractivity contribution is -0.132. The quantitative estimate of drug-likeness (QED) is 0.823. The fourth-order valence-corrected chi connectivity index (χ4v) is 4.48. The Labute approximate surface area is 146 Å². The number of carbonyl (C=O) groups excluding carboxylic acids is 2. The highest BCUT2D eigenvalue weighted by Crippen LogP contribution is 2.29. The molecule has 3 aliphatic heterocycles. The zero-order valence-electron chi connectivity index (χ0n) is 13.5. The molecule has 2 bridgehead atoms. The molecule has 3 saturated heterocycles. The molecule has 3 atom stereocenters. The number of hydrogen-bond acceptors (Lipinski definition) is 3. The monoisotopic (exact) mass is 347 g/mol. The zero-order valence-corrected chi connectivity index (χ0v) is 14.3. The Bertz CT molecular complexity index is 653. The standard InChI is InChI=1S/C18H22ClN3O2/c19-11-2-1-3-15(8-11)22-7-6-16(18(22)24)17(23)21-14-9-12-4-5-13(10-14)20-12/h1-3,8,12-14,16,20H,4-7,9-10H2,(H,21,23). The number of nitrogens with zero attached hydrogens (tertiary/aromatic N) is 1. The topological polar surface area (TPSA) is 61.4 Å². The number of hydrogen-bond donors (Lipinski definition) is 2. The molecule has 24 heavy (non-hydrogen) atoms. The molecule has 1 aromatic rings. The van der Waals surface area contributed by atoms with Gasteiger partial charge in [-0.3, -0.25) is 9.59 Å². The molecule has 0 saturated carbocycles. The van der Waals surface area contributed by atoms with E-state index in [0.29, 0.717) is 30.1 Å². The van der Waals surface area contributed by atoms with Crippen molar-refractivity contribution in [2.24, 2.45) is 5.92 Å². The van der Waals surface area contributed by atoms with Crippen molar-refractivity contribution in [2.45, 2.75) is 50.2 Å². The molecule has 5 nitrogen and oxygen atoms in total. The van der Waals surface area contributed by atoms with Crippen LogP contribution in [0.4, 0.5) is 5.69 Å². The number of carbonyl (C=O) groups is 2. The second-order valence-corrected chi connectivity index (χ2v) is 7.56. The van der Waals surface area contributed by atoms with Crippen LogP contribution in [0.2, 0.25) is 5.02 Å². The first kappa shape index (κ1) is 15.9. The van der Waals surface area contributed by atoms with Crippen LogP contribution in [0.15, 0.2) is 24.3 Å². The van der Waals surface area contributed by atoms with Gasteiger partial charge < -0.3 is 15.5 Å². The lowest BCUT2D eigenvalue weighted by atomic mass is 9.98. The average Bonchev–Trinajstić information content (AvgIpc) is 3.10. The minimum atomic E-state index is -0.573. The highest BCUT2D eigenvalue weighted by molar-refractivity contribution is 6.31. The van der Waals surface area contributed by atoms with Gasteiger partial charge in [0.1, 0.15) is 5.92 Å². The molecule has 3 aliphatic rings. The fourth-order valence-electron chi connectivity index (χ4n) is 4.30. The van der Waals surface area contributed by atoms with Crippen LogP contribution in [0.3, 0.4) is 0 Å². The van der Waals surface area contributed by atoms with E-state index in [1.807, 2.05) is 12.1 Å². The fraction of sp³-hybridized carbons (Fsp3) is 0.556. The van der Waals surface area contributed by atoms with Gasteiger partial charge in [-0.2, -0.15) is 0 Å². The predicted molar refractivity (Wildman–Crippen MR) is 93.0 cm³/mol. The van der Waals surface area contributed by atoms with Gasteiger partial charge >= 0.3 is 0 Å². The van der Waals surface area contributed by atoms with Crippen LogP contribution in [-0.2, 0) is 9.59 Å². The van der Waals surface area contributed by atoms with E-state index in [9.17, 15) is 9.59 Å². The number of piperidine rings is 1. The van der Waals surface area contributed by atoms with Gasteiger partial charge in [0.05, 0.1) is 0 Å². The highest BCUT2D eigenvalue weighted by atomic mass is 35.5. The first-order valence-corrected chi connectivity index (χ1v) is 9.11. The molecule has 0 aromatic heterocycles. The number of rotatable bonds is 3. The van der Waals surface area contributed by atoms with E-state index in [2.05, 4.69) is 10.6 Å². The molecular weight excluding hydrogens is 326 g/mol. The molecule has 128 valence electrons. The van der Waals surface area contributed by atoms with Crippen molar-refractivity contribution >= 4 is 29.1 Å². The minimum absolute atomic E-state index is 0.115. The summed E-state index contributed by atoms with van der Waals surface area (Å²) in [5.74, 6) is -0.806. The molecule has 2 amide bonds. The number of fused-ring (bicyclic) bond motifs is 2. The summed E-state index contributed by atoms with van der Waals surface area (Å²) in [4.78, 5) is 26.9. The summed E-state index contributed by atoms with van der Waals surface area (Å²) in [7, 11) is 0. The van der Waals surface area contributed by atoms with Gasteiger partial charge in [-0.25, -0.2) is 0 Å². The summed E-state index contributed by atoms with van der Waals surface area (Å²) in [6.45, 7) is 0.564. The first-order valence-electron chi connectivity index (χ1n) is 8.73. The maximum atomic E-state index is 12.7. The third-order valence-electron chi connectivity index (χ3n) is 5.46. The van der Waals surface area contributed by atoms with Crippen molar-refractivity contribution in [3.63, 3.8) is 0 Å². The molecule has 6 heteroatoms. The molecule has 1 aromatic carbocycles. The Kier molecular flexibility index (Phi) is 4.22. The van der Waals surface area contributed by atoms with Crippen LogP contribution in [-0.4, -0.2) is 36.5 Å². The first-order chi connectivity index (χ1) is 11.6. The number of halogens is 1. The van der Waals surface area contributed by atoms with Gasteiger partial charge in [0.2, 0.25) is 11.8 Å². The second-order valence-electron chi connectivity index (χ2n) is 7.13. The molecule has 0 aliphatic carbocycles. The number of anilines is 1.